The summed E-state index contributed by atoms with van der Waals surface area (Å²) >= 11 is 6.57. The minimum atomic E-state index is -0.512. The average molecular weight is 364 g/mol. The second-order valence-electron chi connectivity index (χ2n) is 5.75. The predicted molar refractivity (Wildman–Crippen MR) is 92.6 cm³/mol. The SMILES string of the molecule is CC(C)(C)OC(=O)NCCOCCOCC(=O)N1CCSC1=S. The Labute approximate surface area is 146 Å². The fourth-order valence-corrected chi connectivity index (χ4v) is 2.86. The minimum Gasteiger partial charge on any atom is -0.444 e. The van der Waals surface area contributed by atoms with Crippen LogP contribution >= 0.6 is 24.0 Å². The van der Waals surface area contributed by atoms with Gasteiger partial charge in [-0.2, -0.15) is 0 Å². The number of nitrogens with one attached hydrogen (secondary N) is 1. The Hall–Kier alpha value is -0.900. The van der Waals surface area contributed by atoms with Crippen LogP contribution in [-0.2, 0) is 19.0 Å². The standard InChI is InChI=1S/C14H24N2O5S2/c1-14(2,3)21-12(18)15-4-6-19-7-8-20-10-11(17)16-5-9-23-13(16)22/h4-10H2,1-3H3,(H,15,18). The summed E-state index contributed by atoms with van der Waals surface area (Å²) in [6, 6.07) is 0. The van der Waals surface area contributed by atoms with Gasteiger partial charge in [0.1, 0.15) is 16.5 Å². The maximum absolute atomic E-state index is 11.8. The van der Waals surface area contributed by atoms with E-state index in [0.29, 0.717) is 37.2 Å². The van der Waals surface area contributed by atoms with Crippen molar-refractivity contribution in [2.45, 2.75) is 26.4 Å². The summed E-state index contributed by atoms with van der Waals surface area (Å²) in [5.41, 5.74) is -0.512. The van der Waals surface area contributed by atoms with Gasteiger partial charge in [0.25, 0.3) is 5.91 Å². The van der Waals surface area contributed by atoms with Crippen LogP contribution in [0.5, 0.6) is 0 Å². The first-order valence-corrected chi connectivity index (χ1v) is 8.78. The molecule has 1 aliphatic rings. The lowest BCUT2D eigenvalue weighted by atomic mass is 10.2. The van der Waals surface area contributed by atoms with E-state index in [1.165, 1.54) is 11.8 Å². The lowest BCUT2D eigenvalue weighted by Gasteiger charge is -2.19. The summed E-state index contributed by atoms with van der Waals surface area (Å²) in [5, 5.41) is 2.59. The zero-order chi connectivity index (χ0) is 17.3. The van der Waals surface area contributed by atoms with E-state index >= 15 is 0 Å². The second kappa shape index (κ2) is 10.1. The highest BCUT2D eigenvalue weighted by Gasteiger charge is 2.23. The summed E-state index contributed by atoms with van der Waals surface area (Å²) in [5.74, 6) is 0.727. The Morgan fingerprint density at radius 1 is 1.26 bits per heavy atom. The Morgan fingerprint density at radius 2 is 1.96 bits per heavy atom. The van der Waals surface area contributed by atoms with E-state index in [4.69, 9.17) is 26.4 Å². The third kappa shape index (κ3) is 9.09. The Morgan fingerprint density at radius 3 is 2.57 bits per heavy atom. The van der Waals surface area contributed by atoms with Crippen LogP contribution in [0.2, 0.25) is 0 Å². The normalized spacial score (nSPS) is 14.9. The van der Waals surface area contributed by atoms with Gasteiger partial charge in [0.2, 0.25) is 0 Å². The van der Waals surface area contributed by atoms with Gasteiger partial charge in [-0.25, -0.2) is 4.79 Å². The molecule has 0 radical (unpaired) electrons. The van der Waals surface area contributed by atoms with Crippen LogP contribution in [0.3, 0.4) is 0 Å². The van der Waals surface area contributed by atoms with Gasteiger partial charge in [0.15, 0.2) is 0 Å². The molecule has 9 heteroatoms. The van der Waals surface area contributed by atoms with Crippen molar-refractivity contribution < 1.29 is 23.8 Å². The number of ether oxygens (including phenoxy) is 3. The van der Waals surface area contributed by atoms with E-state index in [-0.39, 0.29) is 12.5 Å². The molecule has 1 aliphatic heterocycles. The molecule has 1 N–H and O–H groups in total. The van der Waals surface area contributed by atoms with Crippen LogP contribution in [0.1, 0.15) is 20.8 Å². The Balaban J connectivity index is 1.94. The molecule has 0 aromatic heterocycles. The number of carbonyl (C=O) groups is 2. The van der Waals surface area contributed by atoms with E-state index in [9.17, 15) is 9.59 Å². The highest BCUT2D eigenvalue weighted by atomic mass is 32.2. The molecule has 0 spiro atoms. The van der Waals surface area contributed by atoms with Crippen molar-refractivity contribution in [1.29, 1.82) is 0 Å². The van der Waals surface area contributed by atoms with Crippen molar-refractivity contribution >= 4 is 40.3 Å². The van der Waals surface area contributed by atoms with Gasteiger partial charge in [0, 0.05) is 18.8 Å². The van der Waals surface area contributed by atoms with Gasteiger partial charge in [-0.3, -0.25) is 9.69 Å². The summed E-state index contributed by atoms with van der Waals surface area (Å²) in [6.07, 6.45) is -0.470. The molecule has 0 bridgehead atoms. The number of thioether (sulfide) groups is 1. The molecule has 2 amide bonds. The summed E-state index contributed by atoms with van der Waals surface area (Å²) in [7, 11) is 0. The molecule has 1 rings (SSSR count). The molecule has 23 heavy (non-hydrogen) atoms. The van der Waals surface area contributed by atoms with E-state index < -0.39 is 11.7 Å². The number of nitrogens with zero attached hydrogens (tertiary/aromatic N) is 1. The van der Waals surface area contributed by atoms with Crippen molar-refractivity contribution in [2.75, 3.05) is 45.3 Å². The molecule has 0 aliphatic carbocycles. The second-order valence-corrected chi connectivity index (χ2v) is 7.48. The first-order chi connectivity index (χ1) is 10.8. The monoisotopic (exact) mass is 364 g/mol. The first-order valence-electron chi connectivity index (χ1n) is 7.39. The molecule has 1 fully saturated rings. The maximum Gasteiger partial charge on any atom is 0.407 e. The summed E-state index contributed by atoms with van der Waals surface area (Å²) in [6.45, 7) is 7.42. The van der Waals surface area contributed by atoms with Crippen LogP contribution in [0.15, 0.2) is 0 Å². The molecular formula is C14H24N2O5S2. The van der Waals surface area contributed by atoms with Crippen LogP contribution in [0.25, 0.3) is 0 Å². The summed E-state index contributed by atoms with van der Waals surface area (Å²) in [4.78, 5) is 24.7. The van der Waals surface area contributed by atoms with Crippen LogP contribution < -0.4 is 5.32 Å². The molecule has 1 heterocycles. The molecule has 1 saturated heterocycles. The maximum atomic E-state index is 11.8. The quantitative estimate of drug-likeness (QED) is 0.515. The fraction of sp³-hybridized carbons (Fsp3) is 0.786. The minimum absolute atomic E-state index is 0.000217. The van der Waals surface area contributed by atoms with Crippen molar-refractivity contribution in [3.8, 4) is 0 Å². The number of alkyl carbamates (subject to hydrolysis) is 1. The third-order valence-corrected chi connectivity index (χ3v) is 4.00. The van der Waals surface area contributed by atoms with Gasteiger partial charge in [-0.1, -0.05) is 24.0 Å². The van der Waals surface area contributed by atoms with E-state index in [0.717, 1.165) is 5.75 Å². The Bertz CT molecular complexity index is 426. The molecule has 132 valence electrons. The smallest absolute Gasteiger partial charge is 0.407 e. The number of thiocarbonyl (C=S) groups is 1. The molecule has 0 atom stereocenters. The number of carbonyl (C=O) groups excluding carboxylic acids is 2. The number of hydrogen-bond donors (Lipinski definition) is 1. The number of amides is 2. The highest BCUT2D eigenvalue weighted by Crippen LogP contribution is 2.17. The van der Waals surface area contributed by atoms with Crippen molar-refractivity contribution in [1.82, 2.24) is 10.2 Å². The zero-order valence-electron chi connectivity index (χ0n) is 13.8. The number of hydrogen-bond acceptors (Lipinski definition) is 7. The topological polar surface area (TPSA) is 77.1 Å². The van der Waals surface area contributed by atoms with Gasteiger partial charge in [-0.05, 0) is 20.8 Å². The van der Waals surface area contributed by atoms with E-state index in [1.807, 2.05) is 0 Å². The molecule has 0 saturated carbocycles. The van der Waals surface area contributed by atoms with E-state index in [1.54, 1.807) is 25.7 Å². The van der Waals surface area contributed by atoms with Crippen LogP contribution in [0, 0.1) is 0 Å². The Kier molecular flexibility index (Phi) is 8.82. The van der Waals surface area contributed by atoms with Crippen molar-refractivity contribution in [3.63, 3.8) is 0 Å². The van der Waals surface area contributed by atoms with Crippen LogP contribution in [-0.4, -0.2) is 72.1 Å². The van der Waals surface area contributed by atoms with Gasteiger partial charge in [0.05, 0.1) is 19.8 Å². The third-order valence-electron chi connectivity index (χ3n) is 2.57. The van der Waals surface area contributed by atoms with Crippen molar-refractivity contribution in [3.05, 3.63) is 0 Å². The molecular weight excluding hydrogens is 340 g/mol. The van der Waals surface area contributed by atoms with Crippen LogP contribution in [0.4, 0.5) is 4.79 Å². The number of rotatable bonds is 8. The largest absolute Gasteiger partial charge is 0.444 e. The van der Waals surface area contributed by atoms with Gasteiger partial charge in [-0.15, -0.1) is 0 Å². The molecule has 7 nitrogen and oxygen atoms in total. The zero-order valence-corrected chi connectivity index (χ0v) is 15.4. The molecule has 0 unspecified atom stereocenters. The molecule has 0 aromatic carbocycles. The fourth-order valence-electron chi connectivity index (χ4n) is 1.62. The lowest BCUT2D eigenvalue weighted by molar-refractivity contribution is -0.132. The molecule has 0 aromatic rings. The van der Waals surface area contributed by atoms with E-state index in [2.05, 4.69) is 5.32 Å². The summed E-state index contributed by atoms with van der Waals surface area (Å²) < 4.78 is 16.2. The highest BCUT2D eigenvalue weighted by molar-refractivity contribution is 8.23. The average Bonchev–Trinajstić information content (AvgIpc) is 2.85. The predicted octanol–water partition coefficient (Wildman–Crippen LogP) is 1.40. The lowest BCUT2D eigenvalue weighted by Crippen LogP contribution is -2.34. The first kappa shape index (κ1) is 20.1. The van der Waals surface area contributed by atoms with Gasteiger partial charge < -0.3 is 19.5 Å². The van der Waals surface area contributed by atoms with Crippen molar-refractivity contribution in [2.24, 2.45) is 0 Å². The van der Waals surface area contributed by atoms with Gasteiger partial charge >= 0.3 is 6.09 Å².